The number of benzene rings is 1. The minimum Gasteiger partial charge on any atom is -0.355 e. The molecule has 2 amide bonds. The number of hydrogen-bond acceptors (Lipinski definition) is 3. The van der Waals surface area contributed by atoms with Crippen molar-refractivity contribution in [2.45, 2.75) is 39.5 Å². The lowest BCUT2D eigenvalue weighted by Crippen LogP contribution is -2.40. The Bertz CT molecular complexity index is 542. The van der Waals surface area contributed by atoms with Gasteiger partial charge in [0, 0.05) is 12.1 Å². The molecule has 2 N–H and O–H groups in total. The molecule has 1 aromatic carbocycles. The molecule has 1 aromatic rings. The number of amides is 2. The van der Waals surface area contributed by atoms with E-state index in [9.17, 15) is 14.4 Å². The highest BCUT2D eigenvalue weighted by Crippen LogP contribution is 2.22. The summed E-state index contributed by atoms with van der Waals surface area (Å²) in [6, 6.07) is 6.96. The summed E-state index contributed by atoms with van der Waals surface area (Å²) in [7, 11) is 0. The summed E-state index contributed by atoms with van der Waals surface area (Å²) in [6.07, 6.45) is 0.818. The maximum absolute atomic E-state index is 12.0. The van der Waals surface area contributed by atoms with Crippen molar-refractivity contribution in [3.05, 3.63) is 35.4 Å². The molecule has 0 unspecified atom stereocenters. The Hall–Kier alpha value is -2.17. The smallest absolute Gasteiger partial charge is 0.292 e. The van der Waals surface area contributed by atoms with Crippen LogP contribution in [0.3, 0.4) is 0 Å². The van der Waals surface area contributed by atoms with Crippen molar-refractivity contribution in [1.29, 1.82) is 0 Å². The van der Waals surface area contributed by atoms with Crippen LogP contribution in [0.4, 0.5) is 0 Å². The van der Waals surface area contributed by atoms with E-state index in [1.807, 2.05) is 19.1 Å². The molecule has 0 atom stereocenters. The molecule has 0 saturated carbocycles. The molecular formula is C17H24N2O3. The van der Waals surface area contributed by atoms with E-state index in [-0.39, 0.29) is 17.9 Å². The highest BCUT2D eigenvalue weighted by molar-refractivity contribution is 6.43. The lowest BCUT2D eigenvalue weighted by atomic mass is 9.86. The van der Waals surface area contributed by atoms with Crippen LogP contribution < -0.4 is 10.6 Å². The van der Waals surface area contributed by atoms with Crippen LogP contribution in [0.15, 0.2) is 24.3 Å². The highest BCUT2D eigenvalue weighted by atomic mass is 16.2. The zero-order chi connectivity index (χ0) is 16.8. The van der Waals surface area contributed by atoms with Crippen molar-refractivity contribution in [3.8, 4) is 0 Å². The van der Waals surface area contributed by atoms with Gasteiger partial charge in [0.15, 0.2) is 0 Å². The third kappa shape index (κ3) is 5.31. The van der Waals surface area contributed by atoms with Crippen LogP contribution >= 0.6 is 0 Å². The van der Waals surface area contributed by atoms with Gasteiger partial charge in [0.1, 0.15) is 0 Å². The average molecular weight is 304 g/mol. The Labute approximate surface area is 131 Å². The number of Topliss-reactive ketones (excluding diaryl/α,β-unsaturated/α-hetero) is 1. The summed E-state index contributed by atoms with van der Waals surface area (Å²) >= 11 is 0. The Balaban J connectivity index is 2.60. The number of nitrogens with one attached hydrogen (secondary N) is 2. The molecule has 0 aromatic heterocycles. The summed E-state index contributed by atoms with van der Waals surface area (Å²) in [5.41, 5.74) is 1.39. The topological polar surface area (TPSA) is 75.3 Å². The van der Waals surface area contributed by atoms with Crippen LogP contribution in [0.2, 0.25) is 0 Å². The van der Waals surface area contributed by atoms with E-state index in [2.05, 4.69) is 31.4 Å². The maximum Gasteiger partial charge on any atom is 0.292 e. The van der Waals surface area contributed by atoms with Gasteiger partial charge >= 0.3 is 0 Å². The van der Waals surface area contributed by atoms with Crippen molar-refractivity contribution in [2.24, 2.45) is 0 Å². The minimum atomic E-state index is -0.768. The summed E-state index contributed by atoms with van der Waals surface area (Å²) in [4.78, 5) is 35.1. The fourth-order valence-electron chi connectivity index (χ4n) is 1.82. The predicted octanol–water partition coefficient (Wildman–Crippen LogP) is 1.81. The SMILES string of the molecule is CCCNC(=O)CNC(=O)C(=O)c1ccc(C(C)(C)C)cc1. The molecule has 0 aliphatic heterocycles. The molecule has 0 saturated heterocycles. The molecule has 0 aliphatic carbocycles. The zero-order valence-corrected chi connectivity index (χ0v) is 13.7. The summed E-state index contributed by atoms with van der Waals surface area (Å²) in [5, 5.41) is 4.96. The zero-order valence-electron chi connectivity index (χ0n) is 13.7. The van der Waals surface area contributed by atoms with Gasteiger partial charge in [0.2, 0.25) is 11.7 Å². The molecule has 22 heavy (non-hydrogen) atoms. The van der Waals surface area contributed by atoms with E-state index in [1.165, 1.54) is 0 Å². The minimum absolute atomic E-state index is 0.0127. The van der Waals surface area contributed by atoms with E-state index in [0.29, 0.717) is 12.1 Å². The van der Waals surface area contributed by atoms with E-state index in [0.717, 1.165) is 12.0 Å². The van der Waals surface area contributed by atoms with Gasteiger partial charge in [0.05, 0.1) is 6.54 Å². The first-order chi connectivity index (χ1) is 10.3. The van der Waals surface area contributed by atoms with Crippen molar-refractivity contribution >= 4 is 17.6 Å². The fourth-order valence-corrected chi connectivity index (χ4v) is 1.82. The molecule has 0 fully saturated rings. The molecule has 1 rings (SSSR count). The van der Waals surface area contributed by atoms with Gasteiger partial charge in [-0.15, -0.1) is 0 Å². The average Bonchev–Trinajstić information content (AvgIpc) is 2.49. The molecule has 0 heterocycles. The standard InChI is InChI=1S/C17H24N2O3/c1-5-10-18-14(20)11-19-16(22)15(21)12-6-8-13(9-7-12)17(2,3)4/h6-9H,5,10-11H2,1-4H3,(H,18,20)(H,19,22). The summed E-state index contributed by atoms with van der Waals surface area (Å²) < 4.78 is 0. The van der Waals surface area contributed by atoms with Gasteiger partial charge in [-0.1, -0.05) is 52.0 Å². The summed E-state index contributed by atoms with van der Waals surface area (Å²) in [5.74, 6) is -1.70. The molecule has 0 radical (unpaired) electrons. The molecule has 0 aliphatic rings. The van der Waals surface area contributed by atoms with Gasteiger partial charge in [-0.3, -0.25) is 14.4 Å². The first kappa shape index (κ1) is 17.9. The Morgan fingerprint density at radius 3 is 2.09 bits per heavy atom. The Morgan fingerprint density at radius 1 is 1.00 bits per heavy atom. The van der Waals surface area contributed by atoms with Crippen LogP contribution in [-0.2, 0) is 15.0 Å². The number of carbonyl (C=O) groups is 3. The van der Waals surface area contributed by atoms with Gasteiger partial charge in [-0.05, 0) is 17.4 Å². The summed E-state index contributed by atoms with van der Waals surface area (Å²) in [6.45, 7) is 8.52. The van der Waals surface area contributed by atoms with Gasteiger partial charge in [0.25, 0.3) is 5.91 Å². The third-order valence-corrected chi connectivity index (χ3v) is 3.20. The van der Waals surface area contributed by atoms with E-state index >= 15 is 0 Å². The predicted molar refractivity (Wildman–Crippen MR) is 85.8 cm³/mol. The number of hydrogen-bond donors (Lipinski definition) is 2. The van der Waals surface area contributed by atoms with E-state index < -0.39 is 11.7 Å². The lowest BCUT2D eigenvalue weighted by Gasteiger charge is -2.18. The molecule has 0 bridgehead atoms. The number of ketones is 1. The second-order valence-corrected chi connectivity index (χ2v) is 6.19. The fraction of sp³-hybridized carbons (Fsp3) is 0.471. The van der Waals surface area contributed by atoms with E-state index in [4.69, 9.17) is 0 Å². The van der Waals surface area contributed by atoms with Crippen LogP contribution in [-0.4, -0.2) is 30.7 Å². The van der Waals surface area contributed by atoms with Gasteiger partial charge in [-0.25, -0.2) is 0 Å². The monoisotopic (exact) mass is 304 g/mol. The van der Waals surface area contributed by atoms with Crippen molar-refractivity contribution in [1.82, 2.24) is 10.6 Å². The normalized spacial score (nSPS) is 10.9. The number of carbonyl (C=O) groups excluding carboxylic acids is 3. The Morgan fingerprint density at radius 2 is 1.59 bits per heavy atom. The van der Waals surface area contributed by atoms with Crippen molar-refractivity contribution in [2.75, 3.05) is 13.1 Å². The molecule has 120 valence electrons. The van der Waals surface area contributed by atoms with Crippen LogP contribution in [0, 0.1) is 0 Å². The lowest BCUT2D eigenvalue weighted by molar-refractivity contribution is -0.124. The number of rotatable bonds is 6. The van der Waals surface area contributed by atoms with Crippen LogP contribution in [0.1, 0.15) is 50.0 Å². The second kappa shape index (κ2) is 7.73. The molecule has 0 spiro atoms. The maximum atomic E-state index is 12.0. The van der Waals surface area contributed by atoms with Crippen molar-refractivity contribution < 1.29 is 14.4 Å². The Kier molecular flexibility index (Phi) is 6.28. The quantitative estimate of drug-likeness (QED) is 0.621. The highest BCUT2D eigenvalue weighted by Gasteiger charge is 2.18. The molecular weight excluding hydrogens is 280 g/mol. The van der Waals surface area contributed by atoms with Crippen LogP contribution in [0.25, 0.3) is 0 Å². The van der Waals surface area contributed by atoms with E-state index in [1.54, 1.807) is 12.1 Å². The first-order valence-electron chi connectivity index (χ1n) is 7.45. The van der Waals surface area contributed by atoms with Gasteiger partial charge < -0.3 is 10.6 Å². The largest absolute Gasteiger partial charge is 0.355 e. The molecule has 5 nitrogen and oxygen atoms in total. The van der Waals surface area contributed by atoms with Gasteiger partial charge in [-0.2, -0.15) is 0 Å². The first-order valence-corrected chi connectivity index (χ1v) is 7.45. The van der Waals surface area contributed by atoms with Crippen LogP contribution in [0.5, 0.6) is 0 Å². The second-order valence-electron chi connectivity index (χ2n) is 6.19. The van der Waals surface area contributed by atoms with Crippen molar-refractivity contribution in [3.63, 3.8) is 0 Å². The molecule has 5 heteroatoms. The third-order valence-electron chi connectivity index (χ3n) is 3.20.